The molecule has 2 atom stereocenters. The number of hydrogen-bond donors (Lipinski definition) is 0. The van der Waals surface area contributed by atoms with Crippen molar-refractivity contribution in [2.45, 2.75) is 19.8 Å². The minimum absolute atomic E-state index is 0.00620. The van der Waals surface area contributed by atoms with E-state index >= 15 is 0 Å². The van der Waals surface area contributed by atoms with Crippen LogP contribution in [0.5, 0.6) is 5.75 Å². The molecule has 3 aromatic rings. The first kappa shape index (κ1) is 27.4. The van der Waals surface area contributed by atoms with Crippen LogP contribution in [0.2, 0.25) is 10.0 Å². The third-order valence-electron chi connectivity index (χ3n) is 6.84. The summed E-state index contributed by atoms with van der Waals surface area (Å²) in [5.41, 5.74) is 1.11. The van der Waals surface area contributed by atoms with E-state index in [9.17, 15) is 24.0 Å². The van der Waals surface area contributed by atoms with Crippen LogP contribution in [0.15, 0.2) is 76.9 Å². The van der Waals surface area contributed by atoms with Gasteiger partial charge in [-0.2, -0.15) is 5.01 Å². The molecule has 2 aromatic carbocycles. The molecule has 9 nitrogen and oxygen atoms in total. The zero-order valence-electron chi connectivity index (χ0n) is 21.1. The molecule has 0 N–H and O–H groups in total. The van der Waals surface area contributed by atoms with Crippen LogP contribution in [0.1, 0.15) is 51.0 Å². The predicted molar refractivity (Wildman–Crippen MR) is 144 cm³/mol. The van der Waals surface area contributed by atoms with Gasteiger partial charge in [0.2, 0.25) is 5.76 Å². The number of benzene rings is 2. The van der Waals surface area contributed by atoms with Gasteiger partial charge in [0, 0.05) is 10.6 Å². The number of furan rings is 1. The Morgan fingerprint density at radius 3 is 2.42 bits per heavy atom. The summed E-state index contributed by atoms with van der Waals surface area (Å²) in [6.45, 7) is 1.26. The quantitative estimate of drug-likeness (QED) is 0.121. The number of halogens is 2. The first-order valence-electron chi connectivity index (χ1n) is 12.3. The number of hydrogen-bond acceptors (Lipinski definition) is 7. The molecule has 11 heteroatoms. The minimum Gasteiger partial charge on any atom is -0.457 e. The van der Waals surface area contributed by atoms with E-state index in [-0.39, 0.29) is 32.7 Å². The summed E-state index contributed by atoms with van der Waals surface area (Å²) in [6, 6.07) is 12.8. The lowest BCUT2D eigenvalue weighted by molar-refractivity contribution is -0.154. The molecule has 0 spiro atoms. The van der Waals surface area contributed by atoms with E-state index in [1.807, 2.05) is 13.0 Å². The van der Waals surface area contributed by atoms with Gasteiger partial charge in [-0.15, -0.1) is 0 Å². The highest BCUT2D eigenvalue weighted by molar-refractivity contribution is 6.36. The Bertz CT molecular complexity index is 1550. The zero-order valence-corrected chi connectivity index (χ0v) is 22.6. The number of rotatable bonds is 7. The van der Waals surface area contributed by atoms with Gasteiger partial charge in [-0.1, -0.05) is 34.9 Å². The first-order valence-corrected chi connectivity index (χ1v) is 13.1. The highest BCUT2D eigenvalue weighted by atomic mass is 35.5. The molecule has 1 saturated heterocycles. The molecule has 40 heavy (non-hydrogen) atoms. The summed E-state index contributed by atoms with van der Waals surface area (Å²) in [7, 11) is 0. The van der Waals surface area contributed by atoms with Crippen molar-refractivity contribution >= 4 is 52.7 Å². The number of carbonyl (C=O) groups is 5. The summed E-state index contributed by atoms with van der Waals surface area (Å²) in [5, 5.41) is 1.93. The third-order valence-corrected chi connectivity index (χ3v) is 7.39. The van der Waals surface area contributed by atoms with Crippen LogP contribution in [-0.4, -0.2) is 46.0 Å². The van der Waals surface area contributed by atoms with Crippen LogP contribution < -0.4 is 4.74 Å². The molecule has 3 amide bonds. The second kappa shape index (κ2) is 11.1. The van der Waals surface area contributed by atoms with Crippen molar-refractivity contribution in [1.82, 2.24) is 10.0 Å². The van der Waals surface area contributed by atoms with Gasteiger partial charge in [-0.25, -0.2) is 9.80 Å². The molecule has 204 valence electrons. The van der Waals surface area contributed by atoms with Gasteiger partial charge in [0.15, 0.2) is 5.78 Å². The molecule has 2 aliphatic rings. The SMILES string of the molecule is CC1=CC[C@@H]2C(=O)N(N(CC(=O)c3ccc(OC(=O)c4ccco4)cc3)C(=O)c3ccc(Cl)cc3Cl)C(=O)[C@H]2C1. The monoisotopic (exact) mass is 580 g/mol. The average molecular weight is 581 g/mol. The number of ketones is 1. The van der Waals surface area contributed by atoms with Gasteiger partial charge in [0.1, 0.15) is 12.3 Å². The molecule has 0 bridgehead atoms. The number of hydrazine groups is 1. The second-order valence-electron chi connectivity index (χ2n) is 9.49. The molecule has 1 fully saturated rings. The highest BCUT2D eigenvalue weighted by Gasteiger charge is 2.52. The molecule has 0 unspecified atom stereocenters. The van der Waals surface area contributed by atoms with Crippen molar-refractivity contribution in [2.24, 2.45) is 11.8 Å². The van der Waals surface area contributed by atoms with Crippen molar-refractivity contribution in [3.8, 4) is 5.75 Å². The van der Waals surface area contributed by atoms with E-state index in [0.717, 1.165) is 15.6 Å². The number of fused-ring (bicyclic) bond motifs is 1. The first-order chi connectivity index (χ1) is 19.1. The fourth-order valence-corrected chi connectivity index (χ4v) is 5.27. The lowest BCUT2D eigenvalue weighted by atomic mass is 9.82. The highest BCUT2D eigenvalue weighted by Crippen LogP contribution is 2.39. The molecule has 1 aliphatic carbocycles. The van der Waals surface area contributed by atoms with E-state index in [2.05, 4.69) is 0 Å². The molecule has 1 aromatic heterocycles. The maximum absolute atomic E-state index is 13.7. The van der Waals surface area contributed by atoms with Crippen LogP contribution in [0.4, 0.5) is 0 Å². The van der Waals surface area contributed by atoms with Gasteiger partial charge in [0.05, 0.1) is 28.7 Å². The van der Waals surface area contributed by atoms with E-state index in [0.29, 0.717) is 12.8 Å². The second-order valence-corrected chi connectivity index (χ2v) is 10.3. The van der Waals surface area contributed by atoms with Crippen LogP contribution in [0.25, 0.3) is 0 Å². The number of nitrogens with zero attached hydrogens (tertiary/aromatic N) is 2. The van der Waals surface area contributed by atoms with E-state index in [4.69, 9.17) is 32.4 Å². The normalized spacial score (nSPS) is 18.3. The van der Waals surface area contributed by atoms with Gasteiger partial charge in [0.25, 0.3) is 17.7 Å². The Morgan fingerprint density at radius 1 is 1.02 bits per heavy atom. The smallest absolute Gasteiger partial charge is 0.379 e. The summed E-state index contributed by atoms with van der Waals surface area (Å²) in [4.78, 5) is 66.0. The van der Waals surface area contributed by atoms with E-state index in [1.165, 1.54) is 54.8 Å². The summed E-state index contributed by atoms with van der Waals surface area (Å²) in [6.07, 6.45) is 4.00. The molecular formula is C29H22Cl2N2O7. The molecule has 2 heterocycles. The van der Waals surface area contributed by atoms with Crippen LogP contribution in [-0.2, 0) is 9.59 Å². The van der Waals surface area contributed by atoms with Crippen molar-refractivity contribution in [3.63, 3.8) is 0 Å². The Kier molecular flexibility index (Phi) is 7.60. The third kappa shape index (κ3) is 5.30. The lowest BCUT2D eigenvalue weighted by Gasteiger charge is -2.30. The number of imide groups is 1. The number of esters is 1. The molecule has 1 aliphatic heterocycles. The Labute approximate surface area is 238 Å². The minimum atomic E-state index is -0.802. The van der Waals surface area contributed by atoms with Crippen LogP contribution in [0.3, 0.4) is 0 Å². The van der Waals surface area contributed by atoms with E-state index in [1.54, 1.807) is 6.07 Å². The van der Waals surface area contributed by atoms with Crippen molar-refractivity contribution in [2.75, 3.05) is 6.54 Å². The van der Waals surface area contributed by atoms with Crippen LogP contribution >= 0.6 is 23.2 Å². The topological polar surface area (TPSA) is 114 Å². The van der Waals surface area contributed by atoms with Crippen molar-refractivity contribution in [1.29, 1.82) is 0 Å². The number of ether oxygens (including phenoxy) is 1. The lowest BCUT2D eigenvalue weighted by Crippen LogP contribution is -2.52. The van der Waals surface area contributed by atoms with Gasteiger partial charge in [-0.05, 0) is 74.4 Å². The van der Waals surface area contributed by atoms with Gasteiger partial charge < -0.3 is 9.15 Å². The fraction of sp³-hybridized carbons (Fsp3) is 0.207. The molecule has 5 rings (SSSR count). The summed E-state index contributed by atoms with van der Waals surface area (Å²) >= 11 is 12.3. The van der Waals surface area contributed by atoms with Crippen LogP contribution in [0, 0.1) is 11.8 Å². The Morgan fingerprint density at radius 2 is 1.75 bits per heavy atom. The van der Waals surface area contributed by atoms with Crippen molar-refractivity contribution in [3.05, 3.63) is 99.4 Å². The molecule has 0 radical (unpaired) electrons. The zero-order chi connectivity index (χ0) is 28.6. The van der Waals surface area contributed by atoms with Gasteiger partial charge >= 0.3 is 5.97 Å². The fourth-order valence-electron chi connectivity index (χ4n) is 4.78. The predicted octanol–water partition coefficient (Wildman–Crippen LogP) is 5.39. The Hall–Kier alpha value is -4.21. The van der Waals surface area contributed by atoms with Crippen molar-refractivity contribution < 1.29 is 33.1 Å². The number of amides is 3. The number of allylic oxidation sites excluding steroid dienone is 2. The number of carbonyl (C=O) groups excluding carboxylic acids is 5. The Balaban J connectivity index is 1.41. The maximum Gasteiger partial charge on any atom is 0.379 e. The average Bonchev–Trinajstić information content (AvgIpc) is 3.55. The standard InChI is InChI=1S/C29H22Cl2N2O7/c1-16-4-10-20-22(13-16)28(37)33(27(20)36)32(26(35)21-11-7-18(30)14-23(21)31)15-24(34)17-5-8-19(9-6-17)40-29(38)25-3-2-12-39-25/h2-9,11-12,14,20,22H,10,13,15H2,1H3/t20-,22-/m0/s1. The van der Waals surface area contributed by atoms with Gasteiger partial charge in [-0.3, -0.25) is 19.2 Å². The van der Waals surface area contributed by atoms with E-state index < -0.39 is 47.9 Å². The number of Topliss-reactive ketones (excluding diaryl/α,β-unsaturated/α-hetero) is 1. The maximum atomic E-state index is 13.7. The molecular weight excluding hydrogens is 559 g/mol. The summed E-state index contributed by atoms with van der Waals surface area (Å²) < 4.78 is 10.2. The molecule has 0 saturated carbocycles. The largest absolute Gasteiger partial charge is 0.457 e. The summed E-state index contributed by atoms with van der Waals surface area (Å²) in [5.74, 6) is -4.23.